The minimum absolute atomic E-state index is 0.394. The molecule has 1 aliphatic heterocycles. The number of rotatable bonds is 3. The number of phenolic OH excluding ortho intramolecular Hbond substituents is 1. The second-order valence-corrected chi connectivity index (χ2v) is 6.18. The Balaban J connectivity index is 2.02. The first kappa shape index (κ1) is 13.8. The number of nitrogens with zero attached hydrogens (tertiary/aromatic N) is 2. The second kappa shape index (κ2) is 6.04. The van der Waals surface area contributed by atoms with E-state index in [-0.39, 0.29) is 0 Å². The van der Waals surface area contributed by atoms with E-state index in [4.69, 9.17) is 0 Å². The van der Waals surface area contributed by atoms with Crippen molar-refractivity contribution in [2.75, 3.05) is 27.2 Å². The van der Waals surface area contributed by atoms with E-state index >= 15 is 0 Å². The smallest absolute Gasteiger partial charge is 0.120 e. The quantitative estimate of drug-likeness (QED) is 0.929. The van der Waals surface area contributed by atoms with Gasteiger partial charge in [0.1, 0.15) is 5.75 Å². The summed E-state index contributed by atoms with van der Waals surface area (Å²) in [6, 6.07) is 6.27. The Morgan fingerprint density at radius 3 is 2.94 bits per heavy atom. The molecule has 0 aliphatic carbocycles. The molecule has 0 bridgehead atoms. The van der Waals surface area contributed by atoms with Crippen molar-refractivity contribution in [3.05, 3.63) is 28.2 Å². The topological polar surface area (TPSA) is 26.7 Å². The zero-order valence-corrected chi connectivity index (χ0v) is 12.7. The number of phenols is 1. The third kappa shape index (κ3) is 3.46. The molecule has 1 N–H and O–H groups in total. The zero-order valence-electron chi connectivity index (χ0n) is 11.1. The maximum absolute atomic E-state index is 9.88. The second-order valence-electron chi connectivity index (χ2n) is 5.27. The van der Waals surface area contributed by atoms with Gasteiger partial charge in [0.05, 0.1) is 0 Å². The van der Waals surface area contributed by atoms with E-state index in [0.717, 1.165) is 29.7 Å². The molecular formula is C14H21BrN2O. The number of benzene rings is 1. The van der Waals surface area contributed by atoms with Crippen molar-refractivity contribution in [2.45, 2.75) is 25.4 Å². The number of hydrogen-bond acceptors (Lipinski definition) is 3. The van der Waals surface area contributed by atoms with E-state index in [0.29, 0.717) is 11.8 Å². The number of piperidine rings is 1. The van der Waals surface area contributed by atoms with Crippen molar-refractivity contribution in [2.24, 2.45) is 0 Å². The Morgan fingerprint density at radius 2 is 2.22 bits per heavy atom. The maximum Gasteiger partial charge on any atom is 0.120 e. The average Bonchev–Trinajstić information content (AvgIpc) is 2.34. The number of halogens is 1. The third-order valence-corrected chi connectivity index (χ3v) is 4.14. The monoisotopic (exact) mass is 312 g/mol. The van der Waals surface area contributed by atoms with Crippen molar-refractivity contribution in [3.63, 3.8) is 0 Å². The lowest BCUT2D eigenvalue weighted by Gasteiger charge is -2.36. The van der Waals surface area contributed by atoms with E-state index < -0.39 is 0 Å². The molecule has 1 aliphatic rings. The van der Waals surface area contributed by atoms with Gasteiger partial charge in [-0.05, 0) is 51.7 Å². The summed E-state index contributed by atoms with van der Waals surface area (Å²) < 4.78 is 1.02. The van der Waals surface area contributed by atoms with Crippen molar-refractivity contribution >= 4 is 15.9 Å². The van der Waals surface area contributed by atoms with E-state index in [9.17, 15) is 5.11 Å². The van der Waals surface area contributed by atoms with Crippen LogP contribution in [0.1, 0.15) is 18.4 Å². The van der Waals surface area contributed by atoms with Crippen LogP contribution in [0, 0.1) is 0 Å². The number of likely N-dealkylation sites (tertiary alicyclic amines) is 1. The highest BCUT2D eigenvalue weighted by Gasteiger charge is 2.21. The fourth-order valence-corrected chi connectivity index (χ4v) is 2.93. The molecule has 0 radical (unpaired) electrons. The van der Waals surface area contributed by atoms with Crippen molar-refractivity contribution in [1.29, 1.82) is 0 Å². The van der Waals surface area contributed by atoms with Crippen LogP contribution in [0.5, 0.6) is 5.75 Å². The summed E-state index contributed by atoms with van der Waals surface area (Å²) in [4.78, 5) is 4.72. The number of aromatic hydroxyl groups is 1. The van der Waals surface area contributed by atoms with Crippen LogP contribution in [0.25, 0.3) is 0 Å². The molecule has 4 heteroatoms. The Kier molecular flexibility index (Phi) is 4.65. The largest absolute Gasteiger partial charge is 0.508 e. The summed E-state index contributed by atoms with van der Waals surface area (Å²) in [6.07, 6.45) is 2.51. The van der Waals surface area contributed by atoms with Crippen molar-refractivity contribution in [1.82, 2.24) is 9.80 Å². The molecule has 1 heterocycles. The van der Waals surface area contributed by atoms with Gasteiger partial charge in [0.15, 0.2) is 0 Å². The summed E-state index contributed by atoms with van der Waals surface area (Å²) in [5.41, 5.74) is 1.00. The standard InChI is InChI=1S/C14H21BrN2O/c1-16(2)13-4-3-7-17(10-13)9-11-8-12(15)5-6-14(11)18/h5-6,8,13,18H,3-4,7,9-10H2,1-2H3. The summed E-state index contributed by atoms with van der Waals surface area (Å²) in [5, 5.41) is 9.88. The molecule has 1 aromatic carbocycles. The van der Waals surface area contributed by atoms with Gasteiger partial charge < -0.3 is 10.0 Å². The molecule has 0 amide bonds. The normalized spacial score (nSPS) is 21.4. The number of hydrogen-bond donors (Lipinski definition) is 1. The fourth-order valence-electron chi connectivity index (χ4n) is 2.52. The van der Waals surface area contributed by atoms with Crippen LogP contribution in [0.3, 0.4) is 0 Å². The van der Waals surface area contributed by atoms with Gasteiger partial charge in [0.2, 0.25) is 0 Å². The van der Waals surface area contributed by atoms with Gasteiger partial charge in [0, 0.05) is 29.2 Å². The van der Waals surface area contributed by atoms with Crippen LogP contribution in [-0.4, -0.2) is 48.1 Å². The highest BCUT2D eigenvalue weighted by atomic mass is 79.9. The molecule has 1 atom stereocenters. The summed E-state index contributed by atoms with van der Waals surface area (Å²) >= 11 is 3.46. The summed E-state index contributed by atoms with van der Waals surface area (Å²) in [7, 11) is 4.29. The Labute approximate surface area is 118 Å². The first-order valence-corrected chi connectivity index (χ1v) is 7.21. The Bertz CT molecular complexity index is 409. The SMILES string of the molecule is CN(C)C1CCCN(Cc2cc(Br)ccc2O)C1. The predicted octanol–water partition coefficient (Wildman–Crippen LogP) is 2.68. The van der Waals surface area contributed by atoms with Crippen LogP contribution >= 0.6 is 15.9 Å². The van der Waals surface area contributed by atoms with Crippen LogP contribution in [0.4, 0.5) is 0 Å². The Morgan fingerprint density at radius 1 is 1.44 bits per heavy atom. The Hall–Kier alpha value is -0.580. The average molecular weight is 313 g/mol. The molecule has 1 fully saturated rings. The predicted molar refractivity (Wildman–Crippen MR) is 77.8 cm³/mol. The van der Waals surface area contributed by atoms with Crippen LogP contribution in [0.15, 0.2) is 22.7 Å². The van der Waals surface area contributed by atoms with E-state index in [1.165, 1.54) is 12.8 Å². The van der Waals surface area contributed by atoms with Crippen LogP contribution in [0.2, 0.25) is 0 Å². The van der Waals surface area contributed by atoms with E-state index in [1.807, 2.05) is 12.1 Å². The molecule has 1 aromatic rings. The highest BCUT2D eigenvalue weighted by molar-refractivity contribution is 9.10. The van der Waals surface area contributed by atoms with E-state index in [1.54, 1.807) is 6.07 Å². The number of likely N-dealkylation sites (N-methyl/N-ethyl adjacent to an activating group) is 1. The van der Waals surface area contributed by atoms with Crippen LogP contribution < -0.4 is 0 Å². The minimum Gasteiger partial charge on any atom is -0.508 e. The minimum atomic E-state index is 0.394. The molecule has 3 nitrogen and oxygen atoms in total. The third-order valence-electron chi connectivity index (χ3n) is 3.65. The molecule has 0 aromatic heterocycles. The van der Waals surface area contributed by atoms with Gasteiger partial charge >= 0.3 is 0 Å². The first-order chi connectivity index (χ1) is 8.56. The van der Waals surface area contributed by atoms with Gasteiger partial charge in [-0.15, -0.1) is 0 Å². The highest BCUT2D eigenvalue weighted by Crippen LogP contribution is 2.25. The van der Waals surface area contributed by atoms with Crippen molar-refractivity contribution < 1.29 is 5.11 Å². The molecule has 0 saturated carbocycles. The molecule has 2 rings (SSSR count). The lowest BCUT2D eigenvalue weighted by Crippen LogP contribution is -2.44. The lowest BCUT2D eigenvalue weighted by molar-refractivity contribution is 0.127. The summed E-state index contributed by atoms with van der Waals surface area (Å²) in [6.45, 7) is 3.03. The van der Waals surface area contributed by atoms with E-state index in [2.05, 4.69) is 39.8 Å². The molecule has 1 unspecified atom stereocenters. The van der Waals surface area contributed by atoms with Gasteiger partial charge in [-0.3, -0.25) is 4.90 Å². The first-order valence-electron chi connectivity index (χ1n) is 6.42. The molecular weight excluding hydrogens is 292 g/mol. The molecule has 1 saturated heterocycles. The van der Waals surface area contributed by atoms with Gasteiger partial charge in [-0.1, -0.05) is 15.9 Å². The lowest BCUT2D eigenvalue weighted by atomic mass is 10.0. The summed E-state index contributed by atoms with van der Waals surface area (Å²) in [5.74, 6) is 0.394. The molecule has 100 valence electrons. The van der Waals surface area contributed by atoms with Crippen molar-refractivity contribution in [3.8, 4) is 5.75 Å². The van der Waals surface area contributed by atoms with Gasteiger partial charge in [0.25, 0.3) is 0 Å². The fraction of sp³-hybridized carbons (Fsp3) is 0.571. The van der Waals surface area contributed by atoms with Crippen LogP contribution in [-0.2, 0) is 6.54 Å². The molecule has 18 heavy (non-hydrogen) atoms. The van der Waals surface area contributed by atoms with Gasteiger partial charge in [-0.25, -0.2) is 0 Å². The molecule has 0 spiro atoms. The maximum atomic E-state index is 9.88. The zero-order chi connectivity index (χ0) is 13.1. The van der Waals surface area contributed by atoms with Gasteiger partial charge in [-0.2, -0.15) is 0 Å².